The van der Waals surface area contributed by atoms with E-state index in [1.54, 1.807) is 0 Å². The van der Waals surface area contributed by atoms with Gasteiger partial charge in [0.1, 0.15) is 26.3 Å². The standard InChI is InChI=1S/2C9H7NO4S.Cu/c2*11-7-3-4-8(15(12,13)14)6-2-1-5-10-9(6)7;/h2*1-5,11H,(H,12,13,14);/q;;+2/p-2. The van der Waals surface area contributed by atoms with E-state index in [1.807, 2.05) is 0 Å². The van der Waals surface area contributed by atoms with Crippen molar-refractivity contribution in [2.45, 2.75) is 9.79 Å². The SMILES string of the molecule is O=S(=O)(O)c1ccc(O)c2ncccc12.O=S(=O)([O-])c1ccc([O-])c2ncccc12.[Cu+2]. The largest absolute Gasteiger partial charge is 2.00 e. The van der Waals surface area contributed by atoms with Crippen LogP contribution in [0.4, 0.5) is 0 Å². The summed E-state index contributed by atoms with van der Waals surface area (Å²) in [5.74, 6) is -0.531. The summed E-state index contributed by atoms with van der Waals surface area (Å²) in [7, 11) is -8.87. The molecule has 0 amide bonds. The van der Waals surface area contributed by atoms with Crippen molar-refractivity contribution in [2.75, 3.05) is 0 Å². The molecule has 0 atom stereocenters. The summed E-state index contributed by atoms with van der Waals surface area (Å²) in [6, 6.07) is 10.2. The van der Waals surface area contributed by atoms with E-state index in [-0.39, 0.29) is 49.5 Å². The first-order valence-electron chi connectivity index (χ1n) is 8.05. The van der Waals surface area contributed by atoms with Gasteiger partial charge in [-0.3, -0.25) is 14.5 Å². The van der Waals surface area contributed by atoms with Crippen molar-refractivity contribution in [2.24, 2.45) is 0 Å². The minimum absolute atomic E-state index is 0. The number of aromatic nitrogens is 2. The molecule has 13 heteroatoms. The molecule has 0 aliphatic heterocycles. The molecule has 4 rings (SSSR count). The van der Waals surface area contributed by atoms with E-state index >= 15 is 0 Å². The molecule has 2 N–H and O–H groups in total. The van der Waals surface area contributed by atoms with Gasteiger partial charge in [-0.25, -0.2) is 8.42 Å². The number of phenolic OH excluding ortho intramolecular Hbond substituents is 1. The molecule has 165 valence electrons. The smallest absolute Gasteiger partial charge is 0.871 e. The summed E-state index contributed by atoms with van der Waals surface area (Å²) in [4.78, 5) is 6.90. The first-order chi connectivity index (χ1) is 14.0. The van der Waals surface area contributed by atoms with Gasteiger partial charge < -0.3 is 14.8 Å². The molecule has 2 aromatic carbocycles. The van der Waals surface area contributed by atoms with Crippen molar-refractivity contribution in [3.8, 4) is 11.5 Å². The molecule has 0 saturated carbocycles. The van der Waals surface area contributed by atoms with Crippen molar-refractivity contribution < 1.29 is 53.2 Å². The molecule has 2 heterocycles. The molecule has 0 aliphatic rings. The number of hydrogen-bond acceptors (Lipinski definition) is 9. The van der Waals surface area contributed by atoms with Gasteiger partial charge >= 0.3 is 17.1 Å². The van der Waals surface area contributed by atoms with Crippen LogP contribution in [0.5, 0.6) is 11.5 Å². The van der Waals surface area contributed by atoms with Crippen molar-refractivity contribution in [3.05, 3.63) is 60.9 Å². The molecular formula is C18H12CuN2O8S2. The van der Waals surface area contributed by atoms with E-state index in [2.05, 4.69) is 9.97 Å². The molecule has 0 bridgehead atoms. The third-order valence-electron chi connectivity index (χ3n) is 3.95. The Balaban J connectivity index is 0.000000213. The Morgan fingerprint density at radius 1 is 0.774 bits per heavy atom. The van der Waals surface area contributed by atoms with Crippen LogP contribution in [0, 0.1) is 0 Å². The van der Waals surface area contributed by atoms with Gasteiger partial charge in [0, 0.05) is 23.2 Å². The Bertz CT molecular complexity index is 1360. The summed E-state index contributed by atoms with van der Waals surface area (Å²) < 4.78 is 63.6. The molecule has 1 radical (unpaired) electrons. The average Bonchev–Trinajstić information content (AvgIpc) is 2.67. The van der Waals surface area contributed by atoms with Crippen LogP contribution in [0.15, 0.2) is 70.7 Å². The molecule has 0 saturated heterocycles. The van der Waals surface area contributed by atoms with Crippen LogP contribution < -0.4 is 5.11 Å². The second-order valence-corrected chi connectivity index (χ2v) is 8.61. The molecule has 2 aromatic heterocycles. The first kappa shape index (κ1) is 24.5. The topological polar surface area (TPSA) is 181 Å². The van der Waals surface area contributed by atoms with Gasteiger partial charge in [0.2, 0.25) is 0 Å². The maximum absolute atomic E-state index is 11.3. The second-order valence-electron chi connectivity index (χ2n) is 5.87. The van der Waals surface area contributed by atoms with Gasteiger partial charge in [0.05, 0.1) is 10.4 Å². The Labute approximate surface area is 187 Å². The van der Waals surface area contributed by atoms with Crippen LogP contribution in [-0.4, -0.2) is 41.0 Å². The van der Waals surface area contributed by atoms with Crippen LogP contribution in [0.25, 0.3) is 21.8 Å². The quantitative estimate of drug-likeness (QED) is 0.294. The van der Waals surface area contributed by atoms with Crippen molar-refractivity contribution in [3.63, 3.8) is 0 Å². The number of pyridine rings is 2. The predicted molar refractivity (Wildman–Crippen MR) is 102 cm³/mol. The molecule has 0 unspecified atom stereocenters. The number of hydrogen-bond donors (Lipinski definition) is 2. The predicted octanol–water partition coefficient (Wildman–Crippen LogP) is 1.40. The average molecular weight is 512 g/mol. The van der Waals surface area contributed by atoms with Gasteiger partial charge in [-0.15, -0.1) is 0 Å². The van der Waals surface area contributed by atoms with E-state index in [0.29, 0.717) is 0 Å². The fourth-order valence-electron chi connectivity index (χ4n) is 2.70. The van der Waals surface area contributed by atoms with Crippen LogP contribution in [-0.2, 0) is 37.3 Å². The number of phenols is 1. The Hall–Kier alpha value is -2.80. The normalized spacial score (nSPS) is 11.4. The Morgan fingerprint density at radius 3 is 1.84 bits per heavy atom. The maximum atomic E-state index is 11.3. The number of benzene rings is 2. The minimum Gasteiger partial charge on any atom is -0.871 e. The van der Waals surface area contributed by atoms with E-state index in [0.717, 1.165) is 18.2 Å². The molecule has 0 aliphatic carbocycles. The Morgan fingerprint density at radius 2 is 1.29 bits per heavy atom. The summed E-state index contributed by atoms with van der Waals surface area (Å²) in [6.45, 7) is 0. The summed E-state index contributed by atoms with van der Waals surface area (Å²) in [5, 5.41) is 21.0. The fourth-order valence-corrected chi connectivity index (χ4v) is 4.05. The maximum Gasteiger partial charge on any atom is 2.00 e. The molecule has 0 spiro atoms. The number of aromatic hydroxyl groups is 1. The molecule has 0 fully saturated rings. The minimum atomic E-state index is -4.58. The van der Waals surface area contributed by atoms with Gasteiger partial charge in [0.25, 0.3) is 10.1 Å². The zero-order valence-corrected chi connectivity index (χ0v) is 17.7. The van der Waals surface area contributed by atoms with Crippen LogP contribution in [0.3, 0.4) is 0 Å². The van der Waals surface area contributed by atoms with Gasteiger partial charge in [-0.2, -0.15) is 8.42 Å². The zero-order chi connectivity index (χ0) is 22.1. The van der Waals surface area contributed by atoms with Crippen LogP contribution >= 0.6 is 0 Å². The summed E-state index contributed by atoms with van der Waals surface area (Å²) >= 11 is 0. The number of nitrogens with zero attached hydrogens (tertiary/aromatic N) is 2. The van der Waals surface area contributed by atoms with Crippen molar-refractivity contribution in [1.29, 1.82) is 0 Å². The monoisotopic (exact) mass is 511 g/mol. The van der Waals surface area contributed by atoms with Gasteiger partial charge in [0.15, 0.2) is 0 Å². The van der Waals surface area contributed by atoms with Gasteiger partial charge in [-0.1, -0.05) is 17.9 Å². The Kier molecular flexibility index (Phi) is 7.21. The molecule has 31 heavy (non-hydrogen) atoms. The van der Waals surface area contributed by atoms with Crippen molar-refractivity contribution in [1.82, 2.24) is 9.97 Å². The second kappa shape index (κ2) is 9.14. The first-order valence-corrected chi connectivity index (χ1v) is 10.9. The molecule has 10 nitrogen and oxygen atoms in total. The fraction of sp³-hybridized carbons (Fsp3) is 0. The summed E-state index contributed by atoms with van der Waals surface area (Å²) in [5.41, 5.74) is 0.141. The number of rotatable bonds is 2. The van der Waals surface area contributed by atoms with Crippen molar-refractivity contribution >= 4 is 42.0 Å². The molecular weight excluding hydrogens is 500 g/mol. The summed E-state index contributed by atoms with van der Waals surface area (Å²) in [6.07, 6.45) is 2.79. The van der Waals surface area contributed by atoms with E-state index in [4.69, 9.17) is 4.55 Å². The molecule has 4 aromatic rings. The zero-order valence-electron chi connectivity index (χ0n) is 15.1. The third kappa shape index (κ3) is 5.28. The third-order valence-corrected chi connectivity index (χ3v) is 5.75. The number of fused-ring (bicyclic) bond motifs is 2. The van der Waals surface area contributed by atoms with E-state index < -0.39 is 30.9 Å². The van der Waals surface area contributed by atoms with Gasteiger partial charge in [-0.05, 0) is 36.4 Å². The van der Waals surface area contributed by atoms with E-state index in [1.165, 1.54) is 42.7 Å². The van der Waals surface area contributed by atoms with Crippen LogP contribution in [0.2, 0.25) is 0 Å². The van der Waals surface area contributed by atoms with E-state index in [9.17, 15) is 31.6 Å². The van der Waals surface area contributed by atoms with Crippen LogP contribution in [0.1, 0.15) is 0 Å².